The summed E-state index contributed by atoms with van der Waals surface area (Å²) >= 11 is 0. The van der Waals surface area contributed by atoms with Crippen LogP contribution in [0.5, 0.6) is 0 Å². The first-order valence-electron chi connectivity index (χ1n) is 6.70. The van der Waals surface area contributed by atoms with Crippen LogP contribution in [-0.2, 0) is 6.42 Å². The Hall–Kier alpha value is -1.55. The largest absolute Gasteiger partial charge is 0.461 e. The highest BCUT2D eigenvalue weighted by Crippen LogP contribution is 2.25. The molecule has 4 heteroatoms. The number of hydrogen-bond donors (Lipinski definition) is 1. The van der Waals surface area contributed by atoms with Crippen molar-refractivity contribution in [3.8, 4) is 11.5 Å². The molecule has 0 amide bonds. The van der Waals surface area contributed by atoms with Gasteiger partial charge < -0.3 is 14.2 Å². The zero-order valence-electron chi connectivity index (χ0n) is 12.1. The summed E-state index contributed by atoms with van der Waals surface area (Å²) in [6.45, 7) is 9.44. The third kappa shape index (κ3) is 3.96. The van der Waals surface area contributed by atoms with Gasteiger partial charge >= 0.3 is 0 Å². The number of furan rings is 1. The molecule has 0 saturated carbocycles. The van der Waals surface area contributed by atoms with Gasteiger partial charge in [0, 0.05) is 12.0 Å². The van der Waals surface area contributed by atoms with E-state index in [9.17, 15) is 0 Å². The Balaban J connectivity index is 1.87. The molecule has 0 aliphatic rings. The molecule has 0 bridgehead atoms. The van der Waals surface area contributed by atoms with Crippen molar-refractivity contribution in [3.63, 3.8) is 0 Å². The van der Waals surface area contributed by atoms with Gasteiger partial charge in [-0.05, 0) is 52.3 Å². The minimum absolute atomic E-state index is 0.160. The van der Waals surface area contributed by atoms with E-state index in [1.807, 2.05) is 13.0 Å². The molecule has 0 unspecified atom stereocenters. The van der Waals surface area contributed by atoms with E-state index in [-0.39, 0.29) is 5.54 Å². The summed E-state index contributed by atoms with van der Waals surface area (Å²) in [6, 6.07) is 1.92. The summed E-state index contributed by atoms with van der Waals surface area (Å²) in [5.74, 6) is 2.24. The highest BCUT2D eigenvalue weighted by molar-refractivity contribution is 5.53. The highest BCUT2D eigenvalue weighted by Gasteiger charge is 2.12. The Morgan fingerprint density at radius 1 is 1.32 bits per heavy atom. The quantitative estimate of drug-likeness (QED) is 0.837. The zero-order valence-corrected chi connectivity index (χ0v) is 12.1. The van der Waals surface area contributed by atoms with Gasteiger partial charge in [-0.3, -0.25) is 0 Å². The Morgan fingerprint density at radius 3 is 2.74 bits per heavy atom. The highest BCUT2D eigenvalue weighted by atomic mass is 16.4. The topological polar surface area (TPSA) is 51.2 Å². The van der Waals surface area contributed by atoms with Crippen LogP contribution in [0.3, 0.4) is 0 Å². The lowest BCUT2D eigenvalue weighted by atomic mass is 10.1. The number of nitrogens with one attached hydrogen (secondary N) is 1. The maximum atomic E-state index is 5.71. The van der Waals surface area contributed by atoms with Crippen molar-refractivity contribution in [1.82, 2.24) is 10.3 Å². The predicted octanol–water partition coefficient (Wildman–Crippen LogP) is 3.56. The van der Waals surface area contributed by atoms with Gasteiger partial charge in [-0.15, -0.1) is 0 Å². The van der Waals surface area contributed by atoms with E-state index < -0.39 is 0 Å². The second-order valence-electron chi connectivity index (χ2n) is 5.83. The average Bonchev–Trinajstić information content (AvgIpc) is 2.91. The van der Waals surface area contributed by atoms with Crippen LogP contribution in [-0.4, -0.2) is 17.1 Å². The molecule has 1 N–H and O–H groups in total. The Bertz CT molecular complexity index is 520. The van der Waals surface area contributed by atoms with E-state index in [2.05, 4.69) is 31.1 Å². The fraction of sp³-hybridized carbons (Fsp3) is 0.533. The lowest BCUT2D eigenvalue weighted by Gasteiger charge is -2.19. The molecule has 0 atom stereocenters. The smallest absolute Gasteiger partial charge is 0.195 e. The summed E-state index contributed by atoms with van der Waals surface area (Å²) in [5, 5.41) is 3.45. The van der Waals surface area contributed by atoms with Crippen molar-refractivity contribution in [2.75, 3.05) is 6.54 Å². The van der Waals surface area contributed by atoms with E-state index in [0.717, 1.165) is 36.6 Å². The van der Waals surface area contributed by atoms with Crippen molar-refractivity contribution in [2.24, 2.45) is 0 Å². The van der Waals surface area contributed by atoms with E-state index in [4.69, 9.17) is 8.83 Å². The standard InChI is InChI=1S/C15H22N2O2/c1-11-7-9-18-14(11)12-10-16-13(19-12)6-5-8-17-15(2,3)4/h7,9-10,17H,5-6,8H2,1-4H3. The molecule has 0 aromatic carbocycles. The van der Waals surface area contributed by atoms with E-state index in [1.54, 1.807) is 12.5 Å². The van der Waals surface area contributed by atoms with Crippen LogP contribution in [0.1, 0.15) is 38.6 Å². The van der Waals surface area contributed by atoms with Crippen LogP contribution in [0.25, 0.3) is 11.5 Å². The van der Waals surface area contributed by atoms with Crippen LogP contribution in [0.15, 0.2) is 27.4 Å². The maximum absolute atomic E-state index is 5.71. The normalized spacial score (nSPS) is 12.0. The molecule has 0 aliphatic heterocycles. The number of aromatic nitrogens is 1. The average molecular weight is 262 g/mol. The molecule has 104 valence electrons. The van der Waals surface area contributed by atoms with Crippen molar-refractivity contribution in [2.45, 2.75) is 46.1 Å². The summed E-state index contributed by atoms with van der Waals surface area (Å²) in [4.78, 5) is 4.29. The van der Waals surface area contributed by atoms with Gasteiger partial charge in [0.05, 0.1) is 12.5 Å². The predicted molar refractivity (Wildman–Crippen MR) is 75.0 cm³/mol. The summed E-state index contributed by atoms with van der Waals surface area (Å²) < 4.78 is 11.1. The fourth-order valence-corrected chi connectivity index (χ4v) is 1.86. The molecule has 2 rings (SSSR count). The first kappa shape index (κ1) is 13.9. The number of aryl methyl sites for hydroxylation is 2. The van der Waals surface area contributed by atoms with E-state index in [1.165, 1.54) is 0 Å². The Morgan fingerprint density at radius 2 is 2.11 bits per heavy atom. The van der Waals surface area contributed by atoms with Crippen LogP contribution >= 0.6 is 0 Å². The molecular formula is C15H22N2O2. The SMILES string of the molecule is Cc1ccoc1-c1cnc(CCCNC(C)(C)C)o1. The third-order valence-corrected chi connectivity index (χ3v) is 2.86. The fourth-order valence-electron chi connectivity index (χ4n) is 1.86. The van der Waals surface area contributed by atoms with Crippen LogP contribution < -0.4 is 5.32 Å². The molecular weight excluding hydrogens is 240 g/mol. The zero-order chi connectivity index (χ0) is 13.9. The van der Waals surface area contributed by atoms with Crippen molar-refractivity contribution in [3.05, 3.63) is 30.0 Å². The molecule has 2 heterocycles. The second-order valence-corrected chi connectivity index (χ2v) is 5.83. The molecule has 4 nitrogen and oxygen atoms in total. The lowest BCUT2D eigenvalue weighted by Crippen LogP contribution is -2.36. The Labute approximate surface area is 114 Å². The minimum Gasteiger partial charge on any atom is -0.461 e. The first-order valence-corrected chi connectivity index (χ1v) is 6.70. The molecule has 0 saturated heterocycles. The monoisotopic (exact) mass is 262 g/mol. The molecule has 0 radical (unpaired) electrons. The number of hydrogen-bond acceptors (Lipinski definition) is 4. The van der Waals surface area contributed by atoms with Gasteiger partial charge in [-0.1, -0.05) is 0 Å². The number of nitrogens with zero attached hydrogens (tertiary/aromatic N) is 1. The first-order chi connectivity index (χ1) is 8.96. The van der Waals surface area contributed by atoms with Crippen molar-refractivity contribution < 1.29 is 8.83 Å². The van der Waals surface area contributed by atoms with E-state index >= 15 is 0 Å². The summed E-state index contributed by atoms with van der Waals surface area (Å²) in [5.41, 5.74) is 1.23. The number of oxazole rings is 1. The molecule has 0 aliphatic carbocycles. The Kier molecular flexibility index (Phi) is 4.10. The summed E-state index contributed by atoms with van der Waals surface area (Å²) in [7, 11) is 0. The number of rotatable bonds is 5. The van der Waals surface area contributed by atoms with E-state index in [0.29, 0.717) is 5.76 Å². The van der Waals surface area contributed by atoms with Crippen LogP contribution in [0.2, 0.25) is 0 Å². The maximum Gasteiger partial charge on any atom is 0.195 e. The lowest BCUT2D eigenvalue weighted by molar-refractivity contribution is 0.411. The minimum atomic E-state index is 0.160. The molecule has 0 fully saturated rings. The van der Waals surface area contributed by atoms with Crippen LogP contribution in [0, 0.1) is 6.92 Å². The molecule has 19 heavy (non-hydrogen) atoms. The van der Waals surface area contributed by atoms with Crippen molar-refractivity contribution in [1.29, 1.82) is 0 Å². The van der Waals surface area contributed by atoms with Gasteiger partial charge in [0.15, 0.2) is 17.4 Å². The molecule has 2 aromatic rings. The van der Waals surface area contributed by atoms with Crippen LogP contribution in [0.4, 0.5) is 0 Å². The molecule has 2 aromatic heterocycles. The molecule has 0 spiro atoms. The van der Waals surface area contributed by atoms with Crippen molar-refractivity contribution >= 4 is 0 Å². The van der Waals surface area contributed by atoms with Gasteiger partial charge in [0.2, 0.25) is 0 Å². The van der Waals surface area contributed by atoms with Gasteiger partial charge in [0.1, 0.15) is 0 Å². The van der Waals surface area contributed by atoms with Gasteiger partial charge in [0.25, 0.3) is 0 Å². The third-order valence-electron chi connectivity index (χ3n) is 2.86. The van der Waals surface area contributed by atoms with Gasteiger partial charge in [-0.25, -0.2) is 4.98 Å². The van der Waals surface area contributed by atoms with Gasteiger partial charge in [-0.2, -0.15) is 0 Å². The second kappa shape index (κ2) is 5.61. The summed E-state index contributed by atoms with van der Waals surface area (Å²) in [6.07, 6.45) is 5.25.